The van der Waals surface area contributed by atoms with Crippen LogP contribution >= 0.6 is 11.3 Å². The molecule has 0 aliphatic carbocycles. The van der Waals surface area contributed by atoms with Gasteiger partial charge in [0.25, 0.3) is 0 Å². The van der Waals surface area contributed by atoms with Crippen molar-refractivity contribution < 1.29 is 13.6 Å². The molecule has 31 heavy (non-hydrogen) atoms. The predicted molar refractivity (Wildman–Crippen MR) is 118 cm³/mol. The third kappa shape index (κ3) is 4.64. The zero-order chi connectivity index (χ0) is 22.0. The fraction of sp³-hybridized carbons (Fsp3) is 0.261. The molecule has 0 bridgehead atoms. The molecule has 0 radical (unpaired) electrons. The largest absolute Gasteiger partial charge is 0.337 e. The van der Waals surface area contributed by atoms with E-state index in [0.717, 1.165) is 17.7 Å². The monoisotopic (exact) mass is 440 g/mol. The molecule has 8 heteroatoms. The van der Waals surface area contributed by atoms with Gasteiger partial charge in [-0.25, -0.2) is 13.8 Å². The Hall–Kier alpha value is -3.13. The van der Waals surface area contributed by atoms with E-state index < -0.39 is 11.6 Å². The van der Waals surface area contributed by atoms with Gasteiger partial charge in [-0.2, -0.15) is 0 Å². The summed E-state index contributed by atoms with van der Waals surface area (Å²) >= 11 is 1.28. The van der Waals surface area contributed by atoms with E-state index in [2.05, 4.69) is 4.98 Å². The minimum absolute atomic E-state index is 0.0853. The highest BCUT2D eigenvalue weighted by atomic mass is 32.1. The second-order valence-electron chi connectivity index (χ2n) is 7.47. The third-order valence-electron chi connectivity index (χ3n) is 5.26. The van der Waals surface area contributed by atoms with E-state index in [1.807, 2.05) is 40.1 Å². The van der Waals surface area contributed by atoms with Crippen molar-refractivity contribution in [1.82, 2.24) is 9.88 Å². The number of carbonyl (C=O) groups is 1. The number of thiazole rings is 1. The van der Waals surface area contributed by atoms with Gasteiger partial charge in [-0.15, -0.1) is 0 Å². The van der Waals surface area contributed by atoms with Gasteiger partial charge in [-0.3, -0.25) is 15.1 Å². The van der Waals surface area contributed by atoms with E-state index in [1.165, 1.54) is 17.4 Å². The molecule has 5 nitrogen and oxygen atoms in total. The second kappa shape index (κ2) is 8.93. The first kappa shape index (κ1) is 21.1. The molecule has 0 amide bonds. The summed E-state index contributed by atoms with van der Waals surface area (Å²) in [6.45, 7) is 3.79. The quantitative estimate of drug-likeness (QED) is 0.536. The van der Waals surface area contributed by atoms with Crippen LogP contribution in [0.1, 0.15) is 32.9 Å². The van der Waals surface area contributed by atoms with Crippen LogP contribution in [0.4, 0.5) is 13.9 Å². The van der Waals surface area contributed by atoms with Crippen molar-refractivity contribution in [2.75, 3.05) is 18.0 Å². The number of benzene rings is 2. The number of carbonyl (C=O) groups excluding carboxylic acids is 1. The Morgan fingerprint density at radius 1 is 1.10 bits per heavy atom. The zero-order valence-electron chi connectivity index (χ0n) is 17.1. The van der Waals surface area contributed by atoms with Gasteiger partial charge in [0.15, 0.2) is 22.5 Å². The maximum Gasteiger partial charge on any atom is 0.200 e. The lowest BCUT2D eigenvalue weighted by molar-refractivity contribution is 0.0986. The van der Waals surface area contributed by atoms with Gasteiger partial charge in [0.05, 0.1) is 10.6 Å². The number of hydrogen-bond acceptors (Lipinski definition) is 4. The summed E-state index contributed by atoms with van der Waals surface area (Å²) in [5, 5.41) is 9.17. The Morgan fingerprint density at radius 3 is 2.61 bits per heavy atom. The number of hydrogen-bond donors (Lipinski definition) is 1. The first-order valence-corrected chi connectivity index (χ1v) is 10.8. The van der Waals surface area contributed by atoms with Crippen molar-refractivity contribution in [1.29, 1.82) is 5.41 Å². The van der Waals surface area contributed by atoms with Gasteiger partial charge in [-0.05, 0) is 36.6 Å². The van der Waals surface area contributed by atoms with Crippen molar-refractivity contribution in [3.63, 3.8) is 0 Å². The van der Waals surface area contributed by atoms with Gasteiger partial charge >= 0.3 is 0 Å². The lowest BCUT2D eigenvalue weighted by Gasteiger charge is -2.20. The normalized spacial score (nSPS) is 13.8. The van der Waals surface area contributed by atoms with Gasteiger partial charge in [0, 0.05) is 26.1 Å². The zero-order valence-corrected chi connectivity index (χ0v) is 17.9. The molecular weight excluding hydrogens is 418 g/mol. The van der Waals surface area contributed by atoms with E-state index in [4.69, 9.17) is 5.41 Å². The van der Waals surface area contributed by atoms with Gasteiger partial charge < -0.3 is 4.90 Å². The SMILES string of the molecule is Cc1nc(N2CCN(Cc3ccccc3)C2=N)sc1C(=O)CCc1ccc(F)c(F)c1. The Morgan fingerprint density at radius 2 is 1.87 bits per heavy atom. The van der Waals surface area contributed by atoms with Gasteiger partial charge in [-0.1, -0.05) is 47.7 Å². The van der Waals surface area contributed by atoms with Crippen LogP contribution in [-0.2, 0) is 13.0 Å². The van der Waals surface area contributed by atoms with Crippen LogP contribution in [0.25, 0.3) is 0 Å². The first-order valence-electron chi connectivity index (χ1n) is 10.0. The molecule has 0 saturated carbocycles. The fourth-order valence-electron chi connectivity index (χ4n) is 3.57. The molecule has 1 aromatic heterocycles. The Bertz CT molecular complexity index is 1120. The summed E-state index contributed by atoms with van der Waals surface area (Å²) in [6, 6.07) is 13.7. The molecule has 3 aromatic rings. The van der Waals surface area contributed by atoms with E-state index in [9.17, 15) is 13.6 Å². The minimum Gasteiger partial charge on any atom is -0.337 e. The van der Waals surface area contributed by atoms with Crippen molar-refractivity contribution in [2.45, 2.75) is 26.3 Å². The molecule has 1 saturated heterocycles. The lowest BCUT2D eigenvalue weighted by Crippen LogP contribution is -2.32. The number of anilines is 1. The third-order valence-corrected chi connectivity index (χ3v) is 6.48. The van der Waals surface area contributed by atoms with E-state index >= 15 is 0 Å². The van der Waals surface area contributed by atoms with Crippen molar-refractivity contribution >= 4 is 28.2 Å². The number of nitrogens with zero attached hydrogens (tertiary/aromatic N) is 3. The minimum atomic E-state index is -0.909. The van der Waals surface area contributed by atoms with Crippen LogP contribution in [0.3, 0.4) is 0 Å². The van der Waals surface area contributed by atoms with Crippen LogP contribution in [0.2, 0.25) is 0 Å². The number of nitrogens with one attached hydrogen (secondary N) is 1. The maximum atomic E-state index is 13.4. The molecule has 0 atom stereocenters. The van der Waals surface area contributed by atoms with E-state index in [1.54, 1.807) is 6.92 Å². The number of Topliss-reactive ketones (excluding diaryl/α,β-unsaturated/α-hetero) is 1. The van der Waals surface area contributed by atoms with Gasteiger partial charge in [0.1, 0.15) is 0 Å². The number of ketones is 1. The molecule has 1 N–H and O–H groups in total. The number of guanidine groups is 1. The molecule has 0 spiro atoms. The Balaban J connectivity index is 1.41. The summed E-state index contributed by atoms with van der Waals surface area (Å²) in [7, 11) is 0. The molecule has 1 aliphatic rings. The molecule has 2 heterocycles. The highest BCUT2D eigenvalue weighted by molar-refractivity contribution is 7.17. The molecule has 160 valence electrons. The fourth-order valence-corrected chi connectivity index (χ4v) is 4.63. The Labute approximate surface area is 183 Å². The lowest BCUT2D eigenvalue weighted by atomic mass is 10.1. The summed E-state index contributed by atoms with van der Waals surface area (Å²) < 4.78 is 26.4. The molecule has 1 fully saturated rings. The summed E-state index contributed by atoms with van der Waals surface area (Å²) in [6.07, 6.45) is 0.512. The van der Waals surface area contributed by atoms with Gasteiger partial charge in [0.2, 0.25) is 5.96 Å². The number of halogens is 2. The highest BCUT2D eigenvalue weighted by Crippen LogP contribution is 2.30. The molecule has 1 aliphatic heterocycles. The van der Waals surface area contributed by atoms with Crippen molar-refractivity contribution in [3.05, 3.63) is 81.9 Å². The van der Waals surface area contributed by atoms with Crippen LogP contribution < -0.4 is 4.90 Å². The highest BCUT2D eigenvalue weighted by Gasteiger charge is 2.29. The summed E-state index contributed by atoms with van der Waals surface area (Å²) in [4.78, 5) is 21.6. The predicted octanol–water partition coefficient (Wildman–Crippen LogP) is 4.80. The molecule has 4 rings (SSSR count). The average Bonchev–Trinajstić information content (AvgIpc) is 3.32. The topological polar surface area (TPSA) is 60.3 Å². The number of aryl methyl sites for hydroxylation is 2. The Kier molecular flexibility index (Phi) is 6.08. The van der Waals surface area contributed by atoms with E-state index in [0.29, 0.717) is 53.3 Å². The van der Waals surface area contributed by atoms with Crippen LogP contribution in [-0.4, -0.2) is 34.7 Å². The average molecular weight is 441 g/mol. The number of rotatable bonds is 7. The molecular formula is C23H22F2N4OS. The molecule has 2 aromatic carbocycles. The standard InChI is InChI=1S/C23H22F2N4OS/c1-15-21(20(30)10-8-16-7-9-18(24)19(25)13-16)31-23(27-15)29-12-11-28(22(29)26)14-17-5-3-2-4-6-17/h2-7,9,13,26H,8,10-12,14H2,1H3. The molecule has 0 unspecified atom stereocenters. The first-order chi connectivity index (χ1) is 14.9. The van der Waals surface area contributed by atoms with Crippen LogP contribution in [0.15, 0.2) is 48.5 Å². The second-order valence-corrected chi connectivity index (χ2v) is 8.44. The van der Waals surface area contributed by atoms with Crippen molar-refractivity contribution in [2.24, 2.45) is 0 Å². The maximum absolute atomic E-state index is 13.4. The van der Waals surface area contributed by atoms with Crippen molar-refractivity contribution in [3.8, 4) is 0 Å². The van der Waals surface area contributed by atoms with E-state index in [-0.39, 0.29) is 12.2 Å². The van der Waals surface area contributed by atoms with Crippen LogP contribution in [0.5, 0.6) is 0 Å². The van der Waals surface area contributed by atoms with Crippen LogP contribution in [0, 0.1) is 24.0 Å². The number of aromatic nitrogens is 1. The summed E-state index contributed by atoms with van der Waals surface area (Å²) in [5.74, 6) is -1.52. The summed E-state index contributed by atoms with van der Waals surface area (Å²) in [5.41, 5.74) is 2.34. The smallest absolute Gasteiger partial charge is 0.200 e.